The van der Waals surface area contributed by atoms with Crippen molar-refractivity contribution in [1.82, 2.24) is 14.6 Å². The Balaban J connectivity index is 1.44. The second-order valence-corrected chi connectivity index (χ2v) is 9.08. The minimum atomic E-state index is -3.65. The fourth-order valence-electron chi connectivity index (χ4n) is 2.70. The molecule has 0 saturated heterocycles. The number of ether oxygens (including phenoxy) is 1. The van der Waals surface area contributed by atoms with Gasteiger partial charge < -0.3 is 4.74 Å². The van der Waals surface area contributed by atoms with Crippen molar-refractivity contribution >= 4 is 32.0 Å². The molecule has 10 heteroatoms. The first-order valence-electron chi connectivity index (χ1n) is 9.14. The highest BCUT2D eigenvalue weighted by Crippen LogP contribution is 2.20. The maximum atomic E-state index is 12.4. The zero-order valence-corrected chi connectivity index (χ0v) is 17.6. The smallest absolute Gasteiger partial charge is 0.275 e. The van der Waals surface area contributed by atoms with Gasteiger partial charge in [-0.25, -0.2) is 13.4 Å². The molecule has 4 aromatic rings. The van der Waals surface area contributed by atoms with E-state index in [1.165, 1.54) is 34.1 Å². The SMILES string of the molecule is CCc1nn2c(=O)cc(COc3ccc(NS(=O)(=O)c4ccccc4)cc3)nc2s1. The van der Waals surface area contributed by atoms with E-state index in [0.29, 0.717) is 22.1 Å². The number of aromatic nitrogens is 3. The Morgan fingerprint density at radius 3 is 2.53 bits per heavy atom. The van der Waals surface area contributed by atoms with Crippen LogP contribution in [0.3, 0.4) is 0 Å². The van der Waals surface area contributed by atoms with Crippen molar-refractivity contribution in [2.24, 2.45) is 0 Å². The predicted molar refractivity (Wildman–Crippen MR) is 115 cm³/mol. The van der Waals surface area contributed by atoms with Crippen molar-refractivity contribution in [1.29, 1.82) is 0 Å². The van der Waals surface area contributed by atoms with Crippen LogP contribution in [0.1, 0.15) is 17.6 Å². The lowest BCUT2D eigenvalue weighted by molar-refractivity contribution is 0.301. The lowest BCUT2D eigenvalue weighted by Crippen LogP contribution is -2.16. The summed E-state index contributed by atoms with van der Waals surface area (Å²) < 4.78 is 34.3. The molecule has 0 radical (unpaired) electrons. The summed E-state index contributed by atoms with van der Waals surface area (Å²) >= 11 is 1.37. The molecule has 4 rings (SSSR count). The number of aryl methyl sites for hydroxylation is 1. The molecular formula is C20H18N4O4S2. The van der Waals surface area contributed by atoms with Gasteiger partial charge in [-0.05, 0) is 42.8 Å². The molecule has 8 nitrogen and oxygen atoms in total. The fourth-order valence-corrected chi connectivity index (χ4v) is 4.64. The van der Waals surface area contributed by atoms with Crippen LogP contribution in [0.5, 0.6) is 5.75 Å². The van der Waals surface area contributed by atoms with Gasteiger partial charge >= 0.3 is 0 Å². The Morgan fingerprint density at radius 2 is 1.83 bits per heavy atom. The van der Waals surface area contributed by atoms with Gasteiger partial charge in [-0.1, -0.05) is 36.5 Å². The predicted octanol–water partition coefficient (Wildman–Crippen LogP) is 3.09. The van der Waals surface area contributed by atoms with Gasteiger partial charge in [-0.15, -0.1) is 0 Å². The van der Waals surface area contributed by atoms with Gasteiger partial charge in [0.15, 0.2) is 0 Å². The molecule has 0 spiro atoms. The Morgan fingerprint density at radius 1 is 1.10 bits per heavy atom. The summed E-state index contributed by atoms with van der Waals surface area (Å²) in [6, 6.07) is 16.0. The van der Waals surface area contributed by atoms with E-state index in [2.05, 4.69) is 14.8 Å². The quantitative estimate of drug-likeness (QED) is 0.472. The minimum absolute atomic E-state index is 0.111. The summed E-state index contributed by atoms with van der Waals surface area (Å²) in [6.07, 6.45) is 0.736. The number of fused-ring (bicyclic) bond motifs is 1. The second kappa shape index (κ2) is 8.25. The van der Waals surface area contributed by atoms with Crippen LogP contribution < -0.4 is 15.0 Å². The molecule has 0 amide bonds. The Bertz CT molecular complexity index is 1330. The van der Waals surface area contributed by atoms with E-state index in [4.69, 9.17) is 4.74 Å². The number of anilines is 1. The number of rotatable bonds is 7. The second-order valence-electron chi connectivity index (χ2n) is 6.36. The van der Waals surface area contributed by atoms with E-state index >= 15 is 0 Å². The van der Waals surface area contributed by atoms with Crippen LogP contribution >= 0.6 is 11.3 Å². The first-order valence-corrected chi connectivity index (χ1v) is 11.4. The van der Waals surface area contributed by atoms with Crippen LogP contribution in [-0.4, -0.2) is 23.0 Å². The Kier molecular flexibility index (Phi) is 5.51. The molecule has 2 heterocycles. The highest BCUT2D eigenvalue weighted by molar-refractivity contribution is 7.92. The normalized spacial score (nSPS) is 11.5. The number of hydrogen-bond donors (Lipinski definition) is 1. The molecule has 0 aliphatic carbocycles. The molecule has 0 unspecified atom stereocenters. The lowest BCUT2D eigenvalue weighted by atomic mass is 10.3. The third kappa shape index (κ3) is 4.34. The van der Waals surface area contributed by atoms with Gasteiger partial charge in [0.25, 0.3) is 15.6 Å². The Hall–Kier alpha value is -3.24. The molecule has 0 fully saturated rings. The van der Waals surface area contributed by atoms with E-state index in [0.717, 1.165) is 11.4 Å². The molecule has 0 bridgehead atoms. The zero-order valence-electron chi connectivity index (χ0n) is 16.0. The van der Waals surface area contributed by atoms with Gasteiger partial charge in [-0.3, -0.25) is 9.52 Å². The highest BCUT2D eigenvalue weighted by Gasteiger charge is 2.13. The lowest BCUT2D eigenvalue weighted by Gasteiger charge is -2.09. The van der Waals surface area contributed by atoms with E-state index < -0.39 is 10.0 Å². The number of hydrogen-bond acceptors (Lipinski definition) is 7. The minimum Gasteiger partial charge on any atom is -0.487 e. The number of nitrogens with zero attached hydrogens (tertiary/aromatic N) is 3. The molecule has 30 heavy (non-hydrogen) atoms. The number of benzene rings is 2. The molecule has 0 atom stereocenters. The van der Waals surface area contributed by atoms with Crippen molar-refractivity contribution in [2.75, 3.05) is 4.72 Å². The van der Waals surface area contributed by atoms with Crippen molar-refractivity contribution in [3.05, 3.63) is 81.7 Å². The molecule has 0 saturated carbocycles. The maximum absolute atomic E-state index is 12.4. The van der Waals surface area contributed by atoms with Crippen LogP contribution in [0.25, 0.3) is 4.96 Å². The topological polar surface area (TPSA) is 103 Å². The zero-order chi connectivity index (χ0) is 21.1. The van der Waals surface area contributed by atoms with Crippen molar-refractivity contribution in [3.63, 3.8) is 0 Å². The van der Waals surface area contributed by atoms with Gasteiger partial charge in [0.1, 0.15) is 17.4 Å². The van der Waals surface area contributed by atoms with Crippen LogP contribution in [0.15, 0.2) is 70.4 Å². The molecule has 0 aliphatic heterocycles. The monoisotopic (exact) mass is 442 g/mol. The first kappa shape index (κ1) is 20.0. The number of nitrogens with one attached hydrogen (secondary N) is 1. The van der Waals surface area contributed by atoms with Crippen LogP contribution in [0.2, 0.25) is 0 Å². The average molecular weight is 443 g/mol. The largest absolute Gasteiger partial charge is 0.487 e. The van der Waals surface area contributed by atoms with E-state index in [1.54, 1.807) is 42.5 Å². The molecule has 2 aromatic carbocycles. The fraction of sp³-hybridized carbons (Fsp3) is 0.150. The van der Waals surface area contributed by atoms with Crippen LogP contribution in [0.4, 0.5) is 5.69 Å². The third-order valence-corrected chi connectivity index (χ3v) is 6.64. The summed E-state index contributed by atoms with van der Waals surface area (Å²) in [5, 5.41) is 5.05. The summed E-state index contributed by atoms with van der Waals surface area (Å²) in [5.74, 6) is 0.526. The molecule has 0 aliphatic rings. The van der Waals surface area contributed by atoms with E-state index in [9.17, 15) is 13.2 Å². The van der Waals surface area contributed by atoms with E-state index in [1.807, 2.05) is 6.92 Å². The maximum Gasteiger partial charge on any atom is 0.275 e. The van der Waals surface area contributed by atoms with Gasteiger partial charge in [-0.2, -0.15) is 9.61 Å². The number of sulfonamides is 1. The summed E-state index contributed by atoms with van der Waals surface area (Å²) in [6.45, 7) is 2.08. The molecular weight excluding hydrogens is 424 g/mol. The average Bonchev–Trinajstić information content (AvgIpc) is 3.18. The summed E-state index contributed by atoms with van der Waals surface area (Å²) in [4.78, 5) is 17.3. The first-order chi connectivity index (χ1) is 14.4. The standard InChI is InChI=1S/C20H18N4O4S2/c1-2-18-22-24-19(25)12-15(21-20(24)29-18)13-28-16-10-8-14(9-11-16)23-30(26,27)17-6-4-3-5-7-17/h3-12,23H,2,13H2,1H3. The van der Waals surface area contributed by atoms with Gasteiger partial charge in [0.2, 0.25) is 4.96 Å². The summed E-state index contributed by atoms with van der Waals surface area (Å²) in [5.41, 5.74) is 0.668. The van der Waals surface area contributed by atoms with Crippen molar-refractivity contribution in [3.8, 4) is 5.75 Å². The van der Waals surface area contributed by atoms with E-state index in [-0.39, 0.29) is 17.1 Å². The highest BCUT2D eigenvalue weighted by atomic mass is 32.2. The van der Waals surface area contributed by atoms with Crippen molar-refractivity contribution in [2.45, 2.75) is 24.8 Å². The van der Waals surface area contributed by atoms with Crippen LogP contribution in [0, 0.1) is 0 Å². The third-order valence-electron chi connectivity index (χ3n) is 4.19. The molecule has 2 aromatic heterocycles. The van der Waals surface area contributed by atoms with Crippen molar-refractivity contribution < 1.29 is 13.2 Å². The van der Waals surface area contributed by atoms with Gasteiger partial charge in [0.05, 0.1) is 10.6 Å². The van der Waals surface area contributed by atoms with Crippen LogP contribution in [-0.2, 0) is 23.1 Å². The Labute approximate surface area is 176 Å². The molecule has 1 N–H and O–H groups in total. The van der Waals surface area contributed by atoms with Gasteiger partial charge in [0, 0.05) is 11.8 Å². The summed E-state index contributed by atoms with van der Waals surface area (Å²) in [7, 11) is -3.65. The molecule has 154 valence electrons.